The van der Waals surface area contributed by atoms with Gasteiger partial charge in [0.1, 0.15) is 0 Å². The highest BCUT2D eigenvalue weighted by Gasteiger charge is 2.57. The Balaban J connectivity index is 1.73. The number of hydrogen-bond donors (Lipinski definition) is 2. The third kappa shape index (κ3) is 1.86. The van der Waals surface area contributed by atoms with Crippen molar-refractivity contribution in [3.8, 4) is 5.75 Å². The van der Waals surface area contributed by atoms with Gasteiger partial charge >= 0.3 is 0 Å². The van der Waals surface area contributed by atoms with Gasteiger partial charge in [-0.25, -0.2) is 4.39 Å². The van der Waals surface area contributed by atoms with Gasteiger partial charge in [0.05, 0.1) is 6.10 Å². The first kappa shape index (κ1) is 14.9. The fourth-order valence-corrected chi connectivity index (χ4v) is 6.56. The summed E-state index contributed by atoms with van der Waals surface area (Å²) in [4.78, 5) is 0.180. The normalized spacial score (nSPS) is 43.4. The van der Waals surface area contributed by atoms with E-state index in [1.807, 2.05) is 6.07 Å². The number of hydrogen-bond acceptors (Lipinski definition) is 2. The molecule has 1 aromatic rings. The molecule has 120 valence electrons. The molecular weight excluding hydrogens is 347 g/mol. The molecule has 22 heavy (non-hydrogen) atoms. The van der Waals surface area contributed by atoms with E-state index in [2.05, 4.69) is 22.9 Å². The number of rotatable bonds is 0. The SMILES string of the molecule is C[C@]12CC[C@@H]3c4ccc(O)c(F)c4CC[C@H]3[C@@H]1C[C@H](Br)[C@@H]2O. The van der Waals surface area contributed by atoms with Crippen LogP contribution in [-0.4, -0.2) is 21.1 Å². The van der Waals surface area contributed by atoms with E-state index >= 15 is 0 Å². The van der Waals surface area contributed by atoms with Crippen LogP contribution >= 0.6 is 15.9 Å². The molecule has 0 saturated heterocycles. The van der Waals surface area contributed by atoms with Gasteiger partial charge in [-0.2, -0.15) is 0 Å². The maximum atomic E-state index is 14.2. The molecule has 0 radical (unpaired) electrons. The van der Waals surface area contributed by atoms with Crippen molar-refractivity contribution < 1.29 is 14.6 Å². The molecule has 4 heteroatoms. The average Bonchev–Trinajstić information content (AvgIpc) is 2.74. The van der Waals surface area contributed by atoms with Gasteiger partial charge in [-0.3, -0.25) is 0 Å². The first-order chi connectivity index (χ1) is 10.4. The van der Waals surface area contributed by atoms with E-state index in [-0.39, 0.29) is 22.1 Å². The van der Waals surface area contributed by atoms with Gasteiger partial charge in [0.2, 0.25) is 0 Å². The predicted octanol–water partition coefficient (Wildman–Crippen LogP) is 4.12. The topological polar surface area (TPSA) is 40.5 Å². The highest BCUT2D eigenvalue weighted by molar-refractivity contribution is 9.09. The van der Waals surface area contributed by atoms with E-state index in [4.69, 9.17) is 0 Å². The summed E-state index contributed by atoms with van der Waals surface area (Å²) in [5.74, 6) is 0.744. The standard InChI is InChI=1S/C18H22BrFO2/c1-18-7-6-10-9-4-5-15(21)16(20)12(9)3-2-11(10)13(18)8-14(19)17(18)22/h4-5,10-11,13-14,17,21-22H,2-3,6-8H2,1H3/t10-,11-,13+,14+,17+,18+/m1/s1. The minimum Gasteiger partial charge on any atom is -0.505 e. The highest BCUT2D eigenvalue weighted by Crippen LogP contribution is 2.62. The van der Waals surface area contributed by atoms with E-state index in [1.54, 1.807) is 0 Å². The molecule has 0 amide bonds. The number of alkyl halides is 1. The van der Waals surface area contributed by atoms with E-state index < -0.39 is 5.82 Å². The Hall–Kier alpha value is -0.610. The average molecular weight is 369 g/mol. The molecule has 0 aliphatic heterocycles. The molecule has 2 N–H and O–H groups in total. The molecule has 3 aliphatic carbocycles. The van der Waals surface area contributed by atoms with Gasteiger partial charge in [0.15, 0.2) is 11.6 Å². The number of aromatic hydroxyl groups is 1. The summed E-state index contributed by atoms with van der Waals surface area (Å²) in [6.45, 7) is 2.23. The van der Waals surface area contributed by atoms with Gasteiger partial charge in [-0.1, -0.05) is 28.9 Å². The third-order valence-electron chi connectivity index (χ3n) is 6.76. The monoisotopic (exact) mass is 368 g/mol. The minimum atomic E-state index is -0.422. The number of fused-ring (bicyclic) bond motifs is 5. The van der Waals surface area contributed by atoms with Crippen molar-refractivity contribution in [2.45, 2.75) is 55.9 Å². The van der Waals surface area contributed by atoms with Crippen LogP contribution in [0.4, 0.5) is 4.39 Å². The van der Waals surface area contributed by atoms with Crippen molar-refractivity contribution in [2.24, 2.45) is 17.3 Å². The van der Waals surface area contributed by atoms with E-state index in [9.17, 15) is 14.6 Å². The summed E-state index contributed by atoms with van der Waals surface area (Å²) in [7, 11) is 0. The van der Waals surface area contributed by atoms with Crippen LogP contribution in [0.3, 0.4) is 0 Å². The van der Waals surface area contributed by atoms with Crippen LogP contribution in [0.5, 0.6) is 5.75 Å². The Kier molecular flexibility index (Phi) is 3.36. The molecule has 0 aromatic heterocycles. The van der Waals surface area contributed by atoms with Crippen molar-refractivity contribution in [2.75, 3.05) is 0 Å². The van der Waals surface area contributed by atoms with Crippen molar-refractivity contribution in [3.63, 3.8) is 0 Å². The van der Waals surface area contributed by atoms with Crippen molar-refractivity contribution >= 4 is 15.9 Å². The lowest BCUT2D eigenvalue weighted by molar-refractivity contribution is -0.0214. The maximum absolute atomic E-state index is 14.2. The molecule has 2 fully saturated rings. The summed E-state index contributed by atoms with van der Waals surface area (Å²) < 4.78 is 14.2. The van der Waals surface area contributed by atoms with Crippen LogP contribution in [0.1, 0.15) is 49.7 Å². The van der Waals surface area contributed by atoms with E-state index in [1.165, 1.54) is 6.07 Å². The largest absolute Gasteiger partial charge is 0.505 e. The molecule has 0 heterocycles. The molecule has 0 unspecified atom stereocenters. The smallest absolute Gasteiger partial charge is 0.168 e. The summed E-state index contributed by atoms with van der Waals surface area (Å²) >= 11 is 3.66. The third-order valence-corrected chi connectivity index (χ3v) is 7.63. The second-order valence-corrected chi connectivity index (χ2v) is 8.80. The molecule has 1 aromatic carbocycles. The molecule has 6 atom stereocenters. The maximum Gasteiger partial charge on any atom is 0.168 e. The zero-order valence-electron chi connectivity index (χ0n) is 12.7. The van der Waals surface area contributed by atoms with Crippen molar-refractivity contribution in [3.05, 3.63) is 29.1 Å². The molecule has 2 saturated carbocycles. The fourth-order valence-electron chi connectivity index (χ4n) is 5.56. The Morgan fingerprint density at radius 2 is 2.09 bits per heavy atom. The first-order valence-corrected chi connectivity index (χ1v) is 9.17. The van der Waals surface area contributed by atoms with Crippen LogP contribution in [0.2, 0.25) is 0 Å². The number of halogens is 2. The highest BCUT2D eigenvalue weighted by atomic mass is 79.9. The second kappa shape index (κ2) is 4.94. The number of aliphatic hydroxyl groups is 1. The van der Waals surface area contributed by atoms with Crippen LogP contribution in [0.15, 0.2) is 12.1 Å². The lowest BCUT2D eigenvalue weighted by atomic mass is 9.55. The van der Waals surface area contributed by atoms with Gasteiger partial charge in [0.25, 0.3) is 0 Å². The number of phenolic OH excluding ortho intramolecular Hbond substituents is 1. The first-order valence-electron chi connectivity index (χ1n) is 8.26. The zero-order chi connectivity index (χ0) is 15.6. The Morgan fingerprint density at radius 3 is 2.86 bits per heavy atom. The molecule has 0 bridgehead atoms. The predicted molar refractivity (Wildman–Crippen MR) is 86.8 cm³/mol. The quantitative estimate of drug-likeness (QED) is 0.676. The lowest BCUT2D eigenvalue weighted by Gasteiger charge is -2.50. The summed E-state index contributed by atoms with van der Waals surface area (Å²) in [6, 6.07) is 3.42. The van der Waals surface area contributed by atoms with Crippen LogP contribution < -0.4 is 0 Å². The lowest BCUT2D eigenvalue weighted by Crippen LogP contribution is -2.44. The zero-order valence-corrected chi connectivity index (χ0v) is 14.3. The fraction of sp³-hybridized carbons (Fsp3) is 0.667. The number of phenols is 1. The van der Waals surface area contributed by atoms with Gasteiger partial charge in [0, 0.05) is 4.83 Å². The number of benzene rings is 1. The van der Waals surface area contributed by atoms with Gasteiger partial charge < -0.3 is 10.2 Å². The molecule has 3 aliphatic rings. The van der Waals surface area contributed by atoms with Gasteiger partial charge in [-0.15, -0.1) is 0 Å². The molecule has 4 rings (SSSR count). The molecule has 2 nitrogen and oxygen atoms in total. The minimum absolute atomic E-state index is 0.0116. The Bertz CT molecular complexity index is 619. The summed E-state index contributed by atoms with van der Waals surface area (Å²) in [5, 5.41) is 20.2. The Morgan fingerprint density at radius 1 is 1.32 bits per heavy atom. The van der Waals surface area contributed by atoms with Crippen LogP contribution in [0.25, 0.3) is 0 Å². The van der Waals surface area contributed by atoms with E-state index in [0.717, 1.165) is 36.8 Å². The van der Waals surface area contributed by atoms with Crippen LogP contribution in [-0.2, 0) is 6.42 Å². The summed E-state index contributed by atoms with van der Waals surface area (Å²) in [5.41, 5.74) is 1.81. The molecule has 0 spiro atoms. The summed E-state index contributed by atoms with van der Waals surface area (Å²) in [6.07, 6.45) is 4.39. The molecular formula is C18H22BrFO2. The van der Waals surface area contributed by atoms with Crippen LogP contribution in [0, 0.1) is 23.1 Å². The second-order valence-electron chi connectivity index (χ2n) is 7.62. The van der Waals surface area contributed by atoms with E-state index in [0.29, 0.717) is 24.2 Å². The van der Waals surface area contributed by atoms with Gasteiger partial charge in [-0.05, 0) is 72.5 Å². The Labute approximate surface area is 138 Å². The number of aliphatic hydroxyl groups excluding tert-OH is 1. The van der Waals surface area contributed by atoms with Crippen molar-refractivity contribution in [1.82, 2.24) is 0 Å². The van der Waals surface area contributed by atoms with Crippen molar-refractivity contribution in [1.29, 1.82) is 0 Å².